The lowest BCUT2D eigenvalue weighted by molar-refractivity contribution is -0.157. The lowest BCUT2D eigenvalue weighted by atomic mass is 9.79. The molecule has 0 saturated carbocycles. The molecule has 1 atom stereocenters. The standard InChI is InChI=1S/C14H28O2/c1-7-9-10-14(6,8-2)11-12(15)16-13(3,4)5/h7-11H2,1-6H3. The van der Waals surface area contributed by atoms with Crippen LogP contribution in [0.2, 0.25) is 0 Å². The van der Waals surface area contributed by atoms with Gasteiger partial charge in [0.1, 0.15) is 5.60 Å². The van der Waals surface area contributed by atoms with E-state index in [2.05, 4.69) is 20.8 Å². The van der Waals surface area contributed by atoms with Gasteiger partial charge in [-0.3, -0.25) is 4.79 Å². The third-order valence-electron chi connectivity index (χ3n) is 2.98. The van der Waals surface area contributed by atoms with Crippen molar-refractivity contribution >= 4 is 5.97 Å². The van der Waals surface area contributed by atoms with Gasteiger partial charge in [-0.05, 0) is 32.6 Å². The second kappa shape index (κ2) is 6.27. The van der Waals surface area contributed by atoms with Crippen molar-refractivity contribution in [3.05, 3.63) is 0 Å². The molecular formula is C14H28O2. The predicted octanol–water partition coefficient (Wildman–Crippen LogP) is 4.32. The van der Waals surface area contributed by atoms with Crippen molar-refractivity contribution in [2.24, 2.45) is 5.41 Å². The minimum atomic E-state index is -0.365. The number of carbonyl (C=O) groups excluding carboxylic acids is 1. The number of carbonyl (C=O) groups is 1. The van der Waals surface area contributed by atoms with Crippen LogP contribution in [0.1, 0.15) is 73.6 Å². The fourth-order valence-corrected chi connectivity index (χ4v) is 1.72. The number of ether oxygens (including phenoxy) is 1. The van der Waals surface area contributed by atoms with Gasteiger partial charge >= 0.3 is 5.97 Å². The Morgan fingerprint density at radius 2 is 1.69 bits per heavy atom. The summed E-state index contributed by atoms with van der Waals surface area (Å²) in [5.41, 5.74) is -0.255. The first-order valence-corrected chi connectivity index (χ1v) is 6.44. The van der Waals surface area contributed by atoms with E-state index >= 15 is 0 Å². The number of rotatable bonds is 6. The summed E-state index contributed by atoms with van der Waals surface area (Å²) in [6.07, 6.45) is 5.06. The van der Waals surface area contributed by atoms with Crippen LogP contribution >= 0.6 is 0 Å². The Morgan fingerprint density at radius 3 is 2.06 bits per heavy atom. The van der Waals surface area contributed by atoms with Gasteiger partial charge in [0.25, 0.3) is 0 Å². The Bertz CT molecular complexity index is 215. The average Bonchev–Trinajstić information content (AvgIpc) is 2.11. The van der Waals surface area contributed by atoms with E-state index < -0.39 is 0 Å². The summed E-state index contributed by atoms with van der Waals surface area (Å²) in [5, 5.41) is 0. The summed E-state index contributed by atoms with van der Waals surface area (Å²) in [5.74, 6) is -0.0621. The van der Waals surface area contributed by atoms with E-state index in [9.17, 15) is 4.79 Å². The first kappa shape index (κ1) is 15.5. The molecule has 0 fully saturated rings. The van der Waals surface area contributed by atoms with E-state index in [1.165, 1.54) is 12.8 Å². The summed E-state index contributed by atoms with van der Waals surface area (Å²) >= 11 is 0. The molecule has 0 rings (SSSR count). The average molecular weight is 228 g/mol. The largest absolute Gasteiger partial charge is 0.460 e. The van der Waals surface area contributed by atoms with Crippen LogP contribution in [0.15, 0.2) is 0 Å². The minimum absolute atomic E-state index is 0.0621. The molecule has 1 unspecified atom stereocenters. The minimum Gasteiger partial charge on any atom is -0.460 e. The van der Waals surface area contributed by atoms with Crippen LogP contribution in [0.5, 0.6) is 0 Å². The molecule has 0 aromatic heterocycles. The Balaban J connectivity index is 4.25. The van der Waals surface area contributed by atoms with Crippen LogP contribution in [0.3, 0.4) is 0 Å². The van der Waals surface area contributed by atoms with Gasteiger partial charge in [0.15, 0.2) is 0 Å². The summed E-state index contributed by atoms with van der Waals surface area (Å²) in [7, 11) is 0. The second-order valence-corrected chi connectivity index (χ2v) is 6.03. The molecule has 2 nitrogen and oxygen atoms in total. The first-order chi connectivity index (χ1) is 7.22. The molecule has 0 saturated heterocycles. The highest BCUT2D eigenvalue weighted by Crippen LogP contribution is 2.32. The van der Waals surface area contributed by atoms with Crippen LogP contribution in [0.25, 0.3) is 0 Å². The lowest BCUT2D eigenvalue weighted by Crippen LogP contribution is -2.28. The maximum atomic E-state index is 11.8. The third kappa shape index (κ3) is 6.86. The highest BCUT2D eigenvalue weighted by atomic mass is 16.6. The molecule has 0 bridgehead atoms. The molecule has 0 N–H and O–H groups in total. The van der Waals surface area contributed by atoms with Gasteiger partial charge in [-0.2, -0.15) is 0 Å². The van der Waals surface area contributed by atoms with Crippen molar-refractivity contribution in [1.82, 2.24) is 0 Å². The highest BCUT2D eigenvalue weighted by molar-refractivity contribution is 5.70. The summed E-state index contributed by atoms with van der Waals surface area (Å²) < 4.78 is 5.38. The Kier molecular flexibility index (Phi) is 6.06. The molecule has 16 heavy (non-hydrogen) atoms. The first-order valence-electron chi connectivity index (χ1n) is 6.44. The van der Waals surface area contributed by atoms with E-state index in [1.807, 2.05) is 20.8 Å². The van der Waals surface area contributed by atoms with Crippen LogP contribution in [0, 0.1) is 5.41 Å². The monoisotopic (exact) mass is 228 g/mol. The van der Waals surface area contributed by atoms with Crippen LogP contribution in [-0.2, 0) is 9.53 Å². The van der Waals surface area contributed by atoms with Crippen molar-refractivity contribution in [3.8, 4) is 0 Å². The molecule has 2 heteroatoms. The number of esters is 1. The topological polar surface area (TPSA) is 26.3 Å². The molecule has 0 aliphatic heterocycles. The molecule has 0 spiro atoms. The molecule has 0 heterocycles. The van der Waals surface area contributed by atoms with Crippen molar-refractivity contribution in [2.75, 3.05) is 0 Å². The van der Waals surface area contributed by atoms with E-state index in [1.54, 1.807) is 0 Å². The third-order valence-corrected chi connectivity index (χ3v) is 2.98. The predicted molar refractivity (Wildman–Crippen MR) is 68.4 cm³/mol. The zero-order valence-corrected chi connectivity index (χ0v) is 11.9. The highest BCUT2D eigenvalue weighted by Gasteiger charge is 2.27. The molecule has 0 aromatic carbocycles. The second-order valence-electron chi connectivity index (χ2n) is 6.03. The summed E-state index contributed by atoms with van der Waals surface area (Å²) in [4.78, 5) is 11.8. The fraction of sp³-hybridized carbons (Fsp3) is 0.929. The van der Waals surface area contributed by atoms with E-state index in [0.29, 0.717) is 6.42 Å². The normalized spacial score (nSPS) is 15.6. The van der Waals surface area contributed by atoms with E-state index in [0.717, 1.165) is 12.8 Å². The SMILES string of the molecule is CCCCC(C)(CC)CC(=O)OC(C)(C)C. The van der Waals surface area contributed by atoms with Gasteiger partial charge in [-0.1, -0.05) is 40.0 Å². The zero-order chi connectivity index (χ0) is 12.8. The molecule has 0 aromatic rings. The van der Waals surface area contributed by atoms with Crippen LogP contribution in [-0.4, -0.2) is 11.6 Å². The molecule has 0 radical (unpaired) electrons. The van der Waals surface area contributed by atoms with Crippen molar-refractivity contribution in [2.45, 2.75) is 79.2 Å². The quantitative estimate of drug-likeness (QED) is 0.633. The fourth-order valence-electron chi connectivity index (χ4n) is 1.72. The zero-order valence-electron chi connectivity index (χ0n) is 11.9. The number of unbranched alkanes of at least 4 members (excludes halogenated alkanes) is 1. The Labute approximate surface area is 101 Å². The molecular weight excluding hydrogens is 200 g/mol. The lowest BCUT2D eigenvalue weighted by Gasteiger charge is -2.29. The van der Waals surface area contributed by atoms with Crippen molar-refractivity contribution in [1.29, 1.82) is 0 Å². The van der Waals surface area contributed by atoms with Gasteiger partial charge < -0.3 is 4.74 Å². The maximum Gasteiger partial charge on any atom is 0.306 e. The van der Waals surface area contributed by atoms with Gasteiger partial charge in [-0.25, -0.2) is 0 Å². The Hall–Kier alpha value is -0.530. The van der Waals surface area contributed by atoms with Gasteiger partial charge in [0, 0.05) is 0 Å². The van der Waals surface area contributed by atoms with E-state index in [-0.39, 0.29) is 17.0 Å². The molecule has 0 amide bonds. The van der Waals surface area contributed by atoms with E-state index in [4.69, 9.17) is 4.74 Å². The smallest absolute Gasteiger partial charge is 0.306 e. The van der Waals surface area contributed by atoms with Crippen molar-refractivity contribution < 1.29 is 9.53 Å². The summed E-state index contributed by atoms with van der Waals surface area (Å²) in [6, 6.07) is 0. The number of hydrogen-bond donors (Lipinski definition) is 0. The maximum absolute atomic E-state index is 11.8. The van der Waals surface area contributed by atoms with Gasteiger partial charge in [0.2, 0.25) is 0 Å². The number of hydrogen-bond acceptors (Lipinski definition) is 2. The molecule has 0 aliphatic carbocycles. The van der Waals surface area contributed by atoms with Gasteiger partial charge in [-0.15, -0.1) is 0 Å². The Morgan fingerprint density at radius 1 is 1.12 bits per heavy atom. The molecule has 96 valence electrons. The van der Waals surface area contributed by atoms with Crippen LogP contribution < -0.4 is 0 Å². The summed E-state index contributed by atoms with van der Waals surface area (Å²) in [6.45, 7) is 12.3. The van der Waals surface area contributed by atoms with Crippen LogP contribution in [0.4, 0.5) is 0 Å². The van der Waals surface area contributed by atoms with Gasteiger partial charge in [0.05, 0.1) is 6.42 Å². The van der Waals surface area contributed by atoms with Crippen molar-refractivity contribution in [3.63, 3.8) is 0 Å². The molecule has 0 aliphatic rings.